The largest absolute Gasteiger partial charge is 0.377 e. The minimum atomic E-state index is 0.245. The predicted molar refractivity (Wildman–Crippen MR) is 34.5 cm³/mol. The van der Waals surface area contributed by atoms with Crippen molar-refractivity contribution < 1.29 is 9.47 Å². The second-order valence-corrected chi connectivity index (χ2v) is 2.21. The normalized spacial score (nSPS) is 35.3. The molecule has 3 nitrogen and oxygen atoms in total. The van der Waals surface area contributed by atoms with Gasteiger partial charge < -0.3 is 14.8 Å². The van der Waals surface area contributed by atoms with Crippen LogP contribution in [0.4, 0.5) is 0 Å². The second-order valence-electron chi connectivity index (χ2n) is 2.21. The fourth-order valence-electron chi connectivity index (χ4n) is 1.04. The topological polar surface area (TPSA) is 30.5 Å². The zero-order valence-electron chi connectivity index (χ0n) is 5.89. The molecule has 1 aliphatic heterocycles. The highest BCUT2D eigenvalue weighted by molar-refractivity contribution is 4.80. The van der Waals surface area contributed by atoms with Gasteiger partial charge in [0, 0.05) is 7.11 Å². The Balaban J connectivity index is 2.32. The summed E-state index contributed by atoms with van der Waals surface area (Å²) in [5.74, 6) is 0. The molecule has 0 aliphatic carbocycles. The molecule has 0 saturated carbocycles. The Labute approximate surface area is 55.3 Å². The minimum absolute atomic E-state index is 0.245. The summed E-state index contributed by atoms with van der Waals surface area (Å²) >= 11 is 0. The van der Waals surface area contributed by atoms with Crippen molar-refractivity contribution in [1.82, 2.24) is 5.32 Å². The van der Waals surface area contributed by atoms with Crippen molar-refractivity contribution in [1.29, 1.82) is 0 Å². The van der Waals surface area contributed by atoms with Gasteiger partial charge in [-0.15, -0.1) is 0 Å². The molecule has 9 heavy (non-hydrogen) atoms. The Hall–Kier alpha value is -0.120. The summed E-state index contributed by atoms with van der Waals surface area (Å²) < 4.78 is 10.3. The van der Waals surface area contributed by atoms with E-state index in [0.29, 0.717) is 6.04 Å². The molecule has 54 valence electrons. The molecule has 0 aromatic rings. The van der Waals surface area contributed by atoms with Gasteiger partial charge in [0.15, 0.2) is 0 Å². The first kappa shape index (κ1) is 6.99. The minimum Gasteiger partial charge on any atom is -0.377 e. The van der Waals surface area contributed by atoms with Crippen LogP contribution in [0.1, 0.15) is 0 Å². The Morgan fingerprint density at radius 3 is 2.78 bits per heavy atom. The Kier molecular flexibility index (Phi) is 2.45. The molecular weight excluding hydrogens is 118 g/mol. The lowest BCUT2D eigenvalue weighted by atomic mass is 10.2. The molecular formula is C6H13NO2. The van der Waals surface area contributed by atoms with Crippen molar-refractivity contribution in [3.05, 3.63) is 0 Å². The van der Waals surface area contributed by atoms with Crippen LogP contribution in [0.15, 0.2) is 0 Å². The van der Waals surface area contributed by atoms with Crippen LogP contribution >= 0.6 is 0 Å². The smallest absolute Gasteiger partial charge is 0.0979 e. The van der Waals surface area contributed by atoms with Crippen LogP contribution in [0.2, 0.25) is 0 Å². The molecule has 0 bridgehead atoms. The predicted octanol–water partition coefficient (Wildman–Crippen LogP) is -0.380. The number of rotatable bonds is 2. The van der Waals surface area contributed by atoms with Crippen molar-refractivity contribution in [3.8, 4) is 0 Å². The number of likely N-dealkylation sites (N-methyl/N-ethyl adjacent to an activating group) is 1. The molecule has 0 aromatic heterocycles. The van der Waals surface area contributed by atoms with Crippen molar-refractivity contribution >= 4 is 0 Å². The highest BCUT2D eigenvalue weighted by atomic mass is 16.5. The third-order valence-electron chi connectivity index (χ3n) is 1.70. The molecule has 2 atom stereocenters. The maximum absolute atomic E-state index is 5.16. The SMILES string of the molecule is CN[C@H]1COC[C@@H]1OC. The van der Waals surface area contributed by atoms with Crippen molar-refractivity contribution in [2.75, 3.05) is 27.4 Å². The number of hydrogen-bond donors (Lipinski definition) is 1. The van der Waals surface area contributed by atoms with Crippen LogP contribution in [0.3, 0.4) is 0 Å². The molecule has 0 unspecified atom stereocenters. The highest BCUT2D eigenvalue weighted by Gasteiger charge is 2.25. The summed E-state index contributed by atoms with van der Waals surface area (Å²) in [6, 6.07) is 0.384. The molecule has 1 aliphatic rings. The summed E-state index contributed by atoms with van der Waals surface area (Å²) in [7, 11) is 3.63. The van der Waals surface area contributed by atoms with Crippen LogP contribution in [-0.4, -0.2) is 39.5 Å². The van der Waals surface area contributed by atoms with Crippen LogP contribution in [-0.2, 0) is 9.47 Å². The Morgan fingerprint density at radius 1 is 1.56 bits per heavy atom. The molecule has 3 heteroatoms. The first-order chi connectivity index (χ1) is 4.38. The lowest BCUT2D eigenvalue weighted by Gasteiger charge is -2.13. The average Bonchev–Trinajstić information content (AvgIpc) is 2.33. The number of methoxy groups -OCH3 is 1. The molecule has 1 saturated heterocycles. The monoisotopic (exact) mass is 131 g/mol. The molecule has 1 heterocycles. The molecule has 0 amide bonds. The van der Waals surface area contributed by atoms with Gasteiger partial charge in [-0.05, 0) is 7.05 Å². The Morgan fingerprint density at radius 2 is 2.33 bits per heavy atom. The molecule has 1 rings (SSSR count). The molecule has 1 fully saturated rings. The van der Waals surface area contributed by atoms with Crippen molar-refractivity contribution in [2.24, 2.45) is 0 Å². The quantitative estimate of drug-likeness (QED) is 0.554. The maximum atomic E-state index is 5.16. The van der Waals surface area contributed by atoms with E-state index in [4.69, 9.17) is 9.47 Å². The van der Waals surface area contributed by atoms with E-state index in [2.05, 4.69) is 5.32 Å². The van der Waals surface area contributed by atoms with Crippen LogP contribution in [0.5, 0.6) is 0 Å². The summed E-state index contributed by atoms with van der Waals surface area (Å²) in [5, 5.41) is 3.11. The highest BCUT2D eigenvalue weighted by Crippen LogP contribution is 2.07. The van der Waals surface area contributed by atoms with E-state index < -0.39 is 0 Å². The summed E-state index contributed by atoms with van der Waals surface area (Å²) in [6.07, 6.45) is 0.245. The van der Waals surface area contributed by atoms with Crippen LogP contribution < -0.4 is 5.32 Å². The summed E-state index contributed by atoms with van der Waals surface area (Å²) in [6.45, 7) is 1.50. The zero-order valence-corrected chi connectivity index (χ0v) is 5.89. The number of ether oxygens (including phenoxy) is 2. The second kappa shape index (κ2) is 3.15. The fourth-order valence-corrected chi connectivity index (χ4v) is 1.04. The van der Waals surface area contributed by atoms with Crippen molar-refractivity contribution in [3.63, 3.8) is 0 Å². The lowest BCUT2D eigenvalue weighted by molar-refractivity contribution is 0.0744. The van der Waals surface area contributed by atoms with E-state index in [9.17, 15) is 0 Å². The van der Waals surface area contributed by atoms with Gasteiger partial charge in [0.05, 0.1) is 25.4 Å². The Bertz CT molecular complexity index is 77.1. The molecule has 0 spiro atoms. The van der Waals surface area contributed by atoms with Gasteiger partial charge in [-0.2, -0.15) is 0 Å². The first-order valence-electron chi connectivity index (χ1n) is 3.16. The average molecular weight is 131 g/mol. The van der Waals surface area contributed by atoms with Gasteiger partial charge in [0.25, 0.3) is 0 Å². The van der Waals surface area contributed by atoms with Gasteiger partial charge in [-0.3, -0.25) is 0 Å². The van der Waals surface area contributed by atoms with E-state index in [1.54, 1.807) is 7.11 Å². The van der Waals surface area contributed by atoms with Gasteiger partial charge in [-0.25, -0.2) is 0 Å². The van der Waals surface area contributed by atoms with Gasteiger partial charge in [0.2, 0.25) is 0 Å². The third kappa shape index (κ3) is 1.41. The van der Waals surface area contributed by atoms with E-state index in [1.165, 1.54) is 0 Å². The summed E-state index contributed by atoms with van der Waals surface area (Å²) in [5.41, 5.74) is 0. The molecule has 0 radical (unpaired) electrons. The van der Waals surface area contributed by atoms with Gasteiger partial charge in [-0.1, -0.05) is 0 Å². The fraction of sp³-hybridized carbons (Fsp3) is 1.00. The van der Waals surface area contributed by atoms with E-state index in [0.717, 1.165) is 13.2 Å². The maximum Gasteiger partial charge on any atom is 0.0979 e. The van der Waals surface area contributed by atoms with E-state index in [1.807, 2.05) is 7.05 Å². The molecule has 0 aromatic carbocycles. The number of nitrogens with one attached hydrogen (secondary N) is 1. The van der Waals surface area contributed by atoms with Crippen molar-refractivity contribution in [2.45, 2.75) is 12.1 Å². The number of hydrogen-bond acceptors (Lipinski definition) is 3. The van der Waals surface area contributed by atoms with Gasteiger partial charge >= 0.3 is 0 Å². The van der Waals surface area contributed by atoms with Gasteiger partial charge in [0.1, 0.15) is 0 Å². The standard InChI is InChI=1S/C6H13NO2/c1-7-5-3-9-4-6(5)8-2/h5-7H,3-4H2,1-2H3/t5-,6-/m0/s1. The molecule has 1 N–H and O–H groups in total. The lowest BCUT2D eigenvalue weighted by Crippen LogP contribution is -2.37. The summed E-state index contributed by atoms with van der Waals surface area (Å²) in [4.78, 5) is 0. The van der Waals surface area contributed by atoms with Crippen LogP contribution in [0, 0.1) is 0 Å². The van der Waals surface area contributed by atoms with E-state index >= 15 is 0 Å². The third-order valence-corrected chi connectivity index (χ3v) is 1.70. The van der Waals surface area contributed by atoms with Crippen LogP contribution in [0.25, 0.3) is 0 Å². The first-order valence-corrected chi connectivity index (χ1v) is 3.16. The zero-order chi connectivity index (χ0) is 6.69. The van der Waals surface area contributed by atoms with E-state index in [-0.39, 0.29) is 6.10 Å².